The third-order valence-electron chi connectivity index (χ3n) is 3.20. The predicted octanol–water partition coefficient (Wildman–Crippen LogP) is 4.30. The van der Waals surface area contributed by atoms with E-state index in [1.165, 1.54) is 36.1 Å². The Labute approximate surface area is 105 Å². The van der Waals surface area contributed by atoms with Gasteiger partial charge in [-0.2, -0.15) is 0 Å². The molecule has 0 aliphatic heterocycles. The molecule has 2 heteroatoms. The molecule has 0 aliphatic carbocycles. The van der Waals surface area contributed by atoms with Gasteiger partial charge in [-0.1, -0.05) is 25.8 Å². The summed E-state index contributed by atoms with van der Waals surface area (Å²) >= 11 is 0. The highest BCUT2D eigenvalue weighted by Gasteiger charge is 2.09. The molecule has 17 heavy (non-hydrogen) atoms. The molecule has 0 amide bonds. The highest BCUT2D eigenvalue weighted by Crippen LogP contribution is 2.29. The minimum absolute atomic E-state index is 0.515. The van der Waals surface area contributed by atoms with E-state index in [1.54, 1.807) is 7.11 Å². The molecular formula is C15H25NO. The first-order chi connectivity index (χ1) is 8.10. The molecule has 96 valence electrons. The van der Waals surface area contributed by atoms with E-state index in [0.717, 1.165) is 5.75 Å². The zero-order valence-electron chi connectivity index (χ0n) is 11.8. The van der Waals surface area contributed by atoms with Crippen LogP contribution in [0.15, 0.2) is 12.1 Å². The number of rotatable bonds is 6. The summed E-state index contributed by atoms with van der Waals surface area (Å²) in [6.45, 7) is 8.66. The van der Waals surface area contributed by atoms with Crippen molar-refractivity contribution >= 4 is 5.69 Å². The summed E-state index contributed by atoms with van der Waals surface area (Å²) in [4.78, 5) is 0. The van der Waals surface area contributed by atoms with Gasteiger partial charge in [0.25, 0.3) is 0 Å². The summed E-state index contributed by atoms with van der Waals surface area (Å²) < 4.78 is 5.44. The number of methoxy groups -OCH3 is 1. The van der Waals surface area contributed by atoms with E-state index >= 15 is 0 Å². The Morgan fingerprint density at radius 2 is 2.00 bits per heavy atom. The standard InChI is InChI=1S/C15H25NO/c1-6-7-8-12(3)16-14-10-9-11(2)15(17-5)13(14)4/h9-10,12,16H,6-8H2,1-5H3. The van der Waals surface area contributed by atoms with E-state index in [9.17, 15) is 0 Å². The van der Waals surface area contributed by atoms with E-state index in [2.05, 4.69) is 45.1 Å². The van der Waals surface area contributed by atoms with Gasteiger partial charge in [-0.25, -0.2) is 0 Å². The molecule has 0 heterocycles. The number of nitrogens with one attached hydrogen (secondary N) is 1. The van der Waals surface area contributed by atoms with Gasteiger partial charge in [0.05, 0.1) is 7.11 Å². The summed E-state index contributed by atoms with van der Waals surface area (Å²) in [5, 5.41) is 3.57. The molecular weight excluding hydrogens is 210 g/mol. The molecule has 1 aromatic carbocycles. The fourth-order valence-electron chi connectivity index (χ4n) is 2.15. The van der Waals surface area contributed by atoms with Crippen molar-refractivity contribution < 1.29 is 4.74 Å². The Morgan fingerprint density at radius 1 is 1.29 bits per heavy atom. The minimum atomic E-state index is 0.515. The second-order valence-corrected chi connectivity index (χ2v) is 4.78. The topological polar surface area (TPSA) is 21.3 Å². The number of unbranched alkanes of at least 4 members (excludes halogenated alkanes) is 1. The van der Waals surface area contributed by atoms with E-state index < -0.39 is 0 Å². The molecule has 0 aromatic heterocycles. The number of ether oxygens (including phenoxy) is 1. The Morgan fingerprint density at radius 3 is 2.59 bits per heavy atom. The van der Waals surface area contributed by atoms with Gasteiger partial charge >= 0.3 is 0 Å². The maximum Gasteiger partial charge on any atom is 0.126 e. The first-order valence-electron chi connectivity index (χ1n) is 6.50. The van der Waals surface area contributed by atoms with Crippen molar-refractivity contribution in [3.8, 4) is 5.75 Å². The van der Waals surface area contributed by atoms with Crippen LogP contribution in [0.3, 0.4) is 0 Å². The fourth-order valence-corrected chi connectivity index (χ4v) is 2.15. The lowest BCUT2D eigenvalue weighted by Gasteiger charge is -2.19. The molecule has 1 rings (SSSR count). The normalized spacial score (nSPS) is 12.3. The lowest BCUT2D eigenvalue weighted by molar-refractivity contribution is 0.409. The SMILES string of the molecule is CCCCC(C)Nc1ccc(C)c(OC)c1C. The molecule has 0 spiro atoms. The van der Waals surface area contributed by atoms with Gasteiger partial charge in [-0.3, -0.25) is 0 Å². The molecule has 0 aliphatic rings. The maximum atomic E-state index is 5.44. The quantitative estimate of drug-likeness (QED) is 0.793. The van der Waals surface area contributed by atoms with Crippen molar-refractivity contribution in [2.45, 2.75) is 53.0 Å². The van der Waals surface area contributed by atoms with Crippen LogP contribution in [0.1, 0.15) is 44.2 Å². The smallest absolute Gasteiger partial charge is 0.126 e. The van der Waals surface area contributed by atoms with E-state index in [0.29, 0.717) is 6.04 Å². The van der Waals surface area contributed by atoms with Gasteiger partial charge in [0.1, 0.15) is 5.75 Å². The average Bonchev–Trinajstić information content (AvgIpc) is 2.31. The first kappa shape index (κ1) is 13.9. The molecule has 1 aromatic rings. The van der Waals surface area contributed by atoms with Crippen molar-refractivity contribution in [3.05, 3.63) is 23.3 Å². The molecule has 1 unspecified atom stereocenters. The van der Waals surface area contributed by atoms with Crippen LogP contribution in [-0.4, -0.2) is 13.2 Å². The predicted molar refractivity (Wildman–Crippen MR) is 75.1 cm³/mol. The summed E-state index contributed by atoms with van der Waals surface area (Å²) in [5.41, 5.74) is 3.59. The number of anilines is 1. The zero-order valence-corrected chi connectivity index (χ0v) is 11.8. The van der Waals surface area contributed by atoms with Crippen LogP contribution in [0.4, 0.5) is 5.69 Å². The summed E-state index contributed by atoms with van der Waals surface area (Å²) in [6.07, 6.45) is 3.74. The largest absolute Gasteiger partial charge is 0.496 e. The lowest BCUT2D eigenvalue weighted by Crippen LogP contribution is -2.15. The molecule has 0 bridgehead atoms. The van der Waals surface area contributed by atoms with Gasteiger partial charge in [-0.05, 0) is 38.8 Å². The van der Waals surface area contributed by atoms with Gasteiger partial charge < -0.3 is 10.1 Å². The second kappa shape index (κ2) is 6.53. The van der Waals surface area contributed by atoms with Crippen LogP contribution in [0.2, 0.25) is 0 Å². The Kier molecular flexibility index (Phi) is 5.33. The third kappa shape index (κ3) is 3.65. The zero-order chi connectivity index (χ0) is 12.8. The van der Waals surface area contributed by atoms with E-state index in [4.69, 9.17) is 4.74 Å². The molecule has 0 saturated carbocycles. The second-order valence-electron chi connectivity index (χ2n) is 4.78. The fraction of sp³-hybridized carbons (Fsp3) is 0.600. The molecule has 2 nitrogen and oxygen atoms in total. The molecule has 0 saturated heterocycles. The first-order valence-corrected chi connectivity index (χ1v) is 6.50. The number of hydrogen-bond donors (Lipinski definition) is 1. The lowest BCUT2D eigenvalue weighted by atomic mass is 10.1. The van der Waals surface area contributed by atoms with Crippen molar-refractivity contribution in [3.63, 3.8) is 0 Å². The van der Waals surface area contributed by atoms with Crippen LogP contribution in [0.25, 0.3) is 0 Å². The Hall–Kier alpha value is -1.18. The molecule has 1 N–H and O–H groups in total. The van der Waals surface area contributed by atoms with Crippen molar-refractivity contribution in [2.75, 3.05) is 12.4 Å². The van der Waals surface area contributed by atoms with Crippen LogP contribution in [0.5, 0.6) is 5.75 Å². The van der Waals surface area contributed by atoms with Gasteiger partial charge in [0.2, 0.25) is 0 Å². The Bertz CT molecular complexity index is 360. The summed E-state index contributed by atoms with van der Waals surface area (Å²) in [6, 6.07) is 4.78. The third-order valence-corrected chi connectivity index (χ3v) is 3.20. The van der Waals surface area contributed by atoms with E-state index in [1.807, 2.05) is 0 Å². The molecule has 0 fully saturated rings. The number of benzene rings is 1. The summed E-state index contributed by atoms with van der Waals surface area (Å²) in [5.74, 6) is 0.998. The van der Waals surface area contributed by atoms with Gasteiger partial charge in [-0.15, -0.1) is 0 Å². The average molecular weight is 235 g/mol. The highest BCUT2D eigenvalue weighted by molar-refractivity contribution is 5.59. The molecule has 1 atom stereocenters. The highest BCUT2D eigenvalue weighted by atomic mass is 16.5. The Balaban J connectivity index is 2.78. The number of aryl methyl sites for hydroxylation is 1. The molecule has 0 radical (unpaired) electrons. The van der Waals surface area contributed by atoms with Crippen LogP contribution in [0, 0.1) is 13.8 Å². The van der Waals surface area contributed by atoms with Crippen LogP contribution >= 0.6 is 0 Å². The minimum Gasteiger partial charge on any atom is -0.496 e. The summed E-state index contributed by atoms with van der Waals surface area (Å²) in [7, 11) is 1.74. The van der Waals surface area contributed by atoms with Gasteiger partial charge in [0, 0.05) is 17.3 Å². The van der Waals surface area contributed by atoms with Crippen molar-refractivity contribution in [2.24, 2.45) is 0 Å². The van der Waals surface area contributed by atoms with Crippen LogP contribution in [-0.2, 0) is 0 Å². The van der Waals surface area contributed by atoms with Crippen molar-refractivity contribution in [1.82, 2.24) is 0 Å². The van der Waals surface area contributed by atoms with E-state index in [-0.39, 0.29) is 0 Å². The van der Waals surface area contributed by atoms with Crippen LogP contribution < -0.4 is 10.1 Å². The van der Waals surface area contributed by atoms with Crippen molar-refractivity contribution in [1.29, 1.82) is 0 Å². The maximum absolute atomic E-state index is 5.44. The van der Waals surface area contributed by atoms with Gasteiger partial charge in [0.15, 0.2) is 0 Å². The monoisotopic (exact) mass is 235 g/mol. The number of hydrogen-bond acceptors (Lipinski definition) is 2.